The van der Waals surface area contributed by atoms with Gasteiger partial charge in [-0.15, -0.1) is 11.3 Å². The van der Waals surface area contributed by atoms with Crippen LogP contribution in [-0.4, -0.2) is 53.1 Å². The van der Waals surface area contributed by atoms with Crippen LogP contribution in [0.25, 0.3) is 0 Å². The summed E-state index contributed by atoms with van der Waals surface area (Å²) in [4.78, 5) is 1.08. The van der Waals surface area contributed by atoms with Gasteiger partial charge >= 0.3 is 0 Å². The minimum atomic E-state index is -3.37. The maximum atomic E-state index is 12.3. The molecule has 1 heterocycles. The van der Waals surface area contributed by atoms with Gasteiger partial charge in [0.15, 0.2) is 0 Å². The average Bonchev–Trinajstić information content (AvgIpc) is 2.85. The summed E-state index contributed by atoms with van der Waals surface area (Å²) < 4.78 is 31.5. The van der Waals surface area contributed by atoms with Crippen LogP contribution >= 0.6 is 11.3 Å². The highest BCUT2D eigenvalue weighted by Gasteiger charge is 2.22. The Hall–Kier alpha value is -0.470. The molecule has 0 radical (unpaired) electrons. The smallest absolute Gasteiger partial charge is 0.252 e. The van der Waals surface area contributed by atoms with Crippen molar-refractivity contribution >= 4 is 21.4 Å². The van der Waals surface area contributed by atoms with Crippen molar-refractivity contribution in [3.63, 3.8) is 0 Å². The van der Waals surface area contributed by atoms with E-state index in [-0.39, 0.29) is 0 Å². The summed E-state index contributed by atoms with van der Waals surface area (Å²) in [7, 11) is 0.0942. The zero-order valence-corrected chi connectivity index (χ0v) is 13.3. The fourth-order valence-corrected chi connectivity index (χ4v) is 4.21. The lowest BCUT2D eigenvalue weighted by atomic mass is 10.3. The first-order chi connectivity index (χ1) is 9.02. The molecule has 0 saturated heterocycles. The van der Waals surface area contributed by atoms with Gasteiger partial charge in [-0.3, -0.25) is 0 Å². The fraction of sp³-hybridized carbons (Fsp3) is 0.667. The molecule has 1 aromatic heterocycles. The Morgan fingerprint density at radius 1 is 1.42 bits per heavy atom. The van der Waals surface area contributed by atoms with Crippen LogP contribution in [0.2, 0.25) is 0 Å². The van der Waals surface area contributed by atoms with Crippen molar-refractivity contribution in [2.24, 2.45) is 0 Å². The molecule has 0 aliphatic carbocycles. The molecule has 0 fully saturated rings. The molecular formula is C12H22N2O3S2. The molecule has 0 amide bonds. The normalized spacial score (nSPS) is 12.2. The van der Waals surface area contributed by atoms with E-state index in [0.717, 1.165) is 17.8 Å². The van der Waals surface area contributed by atoms with E-state index in [1.54, 1.807) is 13.1 Å². The van der Waals surface area contributed by atoms with Gasteiger partial charge in [0.05, 0.1) is 6.61 Å². The topological polar surface area (TPSA) is 58.6 Å². The van der Waals surface area contributed by atoms with E-state index in [4.69, 9.17) is 4.74 Å². The van der Waals surface area contributed by atoms with Crippen molar-refractivity contribution < 1.29 is 13.2 Å². The Morgan fingerprint density at radius 2 is 2.16 bits per heavy atom. The zero-order chi connectivity index (χ0) is 14.3. The maximum absolute atomic E-state index is 12.3. The van der Waals surface area contributed by atoms with Crippen LogP contribution in [0.4, 0.5) is 0 Å². The third-order valence-corrected chi connectivity index (χ3v) is 6.15. The lowest BCUT2D eigenvalue weighted by molar-refractivity contribution is 0.138. The SMILES string of the molecule is CCOCCN(C)S(=O)(=O)c1ccc(CCNC)s1. The van der Waals surface area contributed by atoms with Gasteiger partial charge in [-0.2, -0.15) is 4.31 Å². The van der Waals surface area contributed by atoms with Gasteiger partial charge < -0.3 is 10.1 Å². The standard InChI is InChI=1S/C12H22N2O3S2/c1-4-17-10-9-14(3)19(15,16)12-6-5-11(18-12)7-8-13-2/h5-6,13H,4,7-10H2,1-3H3. The van der Waals surface area contributed by atoms with Crippen molar-refractivity contribution in [3.8, 4) is 0 Å². The molecule has 0 atom stereocenters. The first-order valence-corrected chi connectivity index (χ1v) is 8.55. The van der Waals surface area contributed by atoms with Gasteiger partial charge in [-0.1, -0.05) is 0 Å². The minimum Gasteiger partial charge on any atom is -0.380 e. The van der Waals surface area contributed by atoms with Crippen molar-refractivity contribution in [1.82, 2.24) is 9.62 Å². The molecule has 0 spiro atoms. The first-order valence-electron chi connectivity index (χ1n) is 6.29. The number of hydrogen-bond acceptors (Lipinski definition) is 5. The van der Waals surface area contributed by atoms with E-state index >= 15 is 0 Å². The average molecular weight is 306 g/mol. The number of hydrogen-bond donors (Lipinski definition) is 1. The number of likely N-dealkylation sites (N-methyl/N-ethyl adjacent to an activating group) is 2. The zero-order valence-electron chi connectivity index (χ0n) is 11.7. The van der Waals surface area contributed by atoms with Crippen LogP contribution in [0.5, 0.6) is 0 Å². The molecule has 0 aliphatic heterocycles. The molecule has 1 aromatic rings. The number of ether oxygens (including phenoxy) is 1. The van der Waals surface area contributed by atoms with Crippen molar-refractivity contribution in [1.29, 1.82) is 0 Å². The van der Waals surface area contributed by atoms with Crippen molar-refractivity contribution in [2.45, 2.75) is 17.6 Å². The summed E-state index contributed by atoms with van der Waals surface area (Å²) in [6.07, 6.45) is 0.847. The monoisotopic (exact) mass is 306 g/mol. The van der Waals surface area contributed by atoms with Crippen molar-refractivity contribution in [2.75, 3.05) is 40.4 Å². The summed E-state index contributed by atoms with van der Waals surface area (Å²) in [5, 5.41) is 3.05. The summed E-state index contributed by atoms with van der Waals surface area (Å²) >= 11 is 1.34. The maximum Gasteiger partial charge on any atom is 0.252 e. The predicted molar refractivity (Wildman–Crippen MR) is 78.3 cm³/mol. The van der Waals surface area contributed by atoms with Crippen LogP contribution in [0.15, 0.2) is 16.3 Å². The minimum absolute atomic E-state index is 0.375. The molecule has 110 valence electrons. The van der Waals surface area contributed by atoms with Gasteiger partial charge in [0, 0.05) is 25.1 Å². The molecular weight excluding hydrogens is 284 g/mol. The number of nitrogens with zero attached hydrogens (tertiary/aromatic N) is 1. The summed E-state index contributed by atoms with van der Waals surface area (Å²) in [5.41, 5.74) is 0. The Labute approximate surface area is 119 Å². The van der Waals surface area contributed by atoms with E-state index in [9.17, 15) is 8.42 Å². The lowest BCUT2D eigenvalue weighted by Crippen LogP contribution is -2.29. The quantitative estimate of drug-likeness (QED) is 0.696. The molecule has 0 aromatic carbocycles. The Balaban J connectivity index is 2.68. The van der Waals surface area contributed by atoms with Crippen LogP contribution in [0, 0.1) is 0 Å². The molecule has 7 heteroatoms. The number of sulfonamides is 1. The number of rotatable bonds is 9. The molecule has 1 rings (SSSR count). The van der Waals surface area contributed by atoms with Crippen LogP contribution in [0.1, 0.15) is 11.8 Å². The number of thiophene rings is 1. The summed E-state index contributed by atoms with van der Waals surface area (Å²) in [5.74, 6) is 0. The van der Waals surface area contributed by atoms with E-state index < -0.39 is 10.0 Å². The molecule has 0 saturated carbocycles. The molecule has 5 nitrogen and oxygen atoms in total. The first kappa shape index (κ1) is 16.6. The van der Waals surface area contributed by atoms with Gasteiger partial charge in [-0.25, -0.2) is 8.42 Å². The van der Waals surface area contributed by atoms with Gasteiger partial charge in [-0.05, 0) is 39.1 Å². The largest absolute Gasteiger partial charge is 0.380 e. The summed E-state index contributed by atoms with van der Waals surface area (Å²) in [6, 6.07) is 3.56. The van der Waals surface area contributed by atoms with Crippen LogP contribution < -0.4 is 5.32 Å². The second-order valence-corrected chi connectivity index (χ2v) is 7.54. The van der Waals surface area contributed by atoms with E-state index in [0.29, 0.717) is 24.0 Å². The highest BCUT2D eigenvalue weighted by Crippen LogP contribution is 2.24. The van der Waals surface area contributed by atoms with E-state index in [1.807, 2.05) is 20.0 Å². The molecule has 0 bridgehead atoms. The van der Waals surface area contributed by atoms with E-state index in [1.165, 1.54) is 15.6 Å². The third kappa shape index (κ3) is 4.85. The number of nitrogens with one attached hydrogen (secondary N) is 1. The molecule has 19 heavy (non-hydrogen) atoms. The van der Waals surface area contributed by atoms with E-state index in [2.05, 4.69) is 5.32 Å². The predicted octanol–water partition coefficient (Wildman–Crippen LogP) is 1.17. The van der Waals surface area contributed by atoms with Crippen molar-refractivity contribution in [3.05, 3.63) is 17.0 Å². The second-order valence-electron chi connectivity index (χ2n) is 4.10. The Kier molecular flexibility index (Phi) is 6.95. The van der Waals surface area contributed by atoms with Gasteiger partial charge in [0.25, 0.3) is 10.0 Å². The lowest BCUT2D eigenvalue weighted by Gasteiger charge is -2.15. The third-order valence-electron chi connectivity index (χ3n) is 2.68. The fourth-order valence-electron chi connectivity index (χ4n) is 1.49. The van der Waals surface area contributed by atoms with Crippen LogP contribution in [0.3, 0.4) is 0 Å². The van der Waals surface area contributed by atoms with Crippen LogP contribution in [-0.2, 0) is 21.2 Å². The second kappa shape index (κ2) is 7.96. The molecule has 0 aliphatic rings. The molecule has 0 unspecified atom stereocenters. The van der Waals surface area contributed by atoms with Gasteiger partial charge in [0.1, 0.15) is 4.21 Å². The highest BCUT2D eigenvalue weighted by molar-refractivity contribution is 7.91. The van der Waals surface area contributed by atoms with Gasteiger partial charge in [0.2, 0.25) is 0 Å². The molecule has 1 N–H and O–H groups in total. The Bertz CT molecular complexity index is 471. The Morgan fingerprint density at radius 3 is 2.79 bits per heavy atom. The highest BCUT2D eigenvalue weighted by atomic mass is 32.2. The summed E-state index contributed by atoms with van der Waals surface area (Å²) in [6.45, 7) is 4.13.